The van der Waals surface area contributed by atoms with Crippen molar-refractivity contribution in [1.82, 2.24) is 15.0 Å². The fraction of sp³-hybridized carbons (Fsp3) is 0.0769. The first-order chi connectivity index (χ1) is 15.6. The number of benzene rings is 3. The third-order valence-electron chi connectivity index (χ3n) is 5.24. The zero-order chi connectivity index (χ0) is 22.1. The molecule has 0 spiro atoms. The number of para-hydroxylation sites is 1. The molecule has 0 unspecified atom stereocenters. The van der Waals surface area contributed by atoms with Gasteiger partial charge in [0.2, 0.25) is 0 Å². The van der Waals surface area contributed by atoms with Gasteiger partial charge in [-0.2, -0.15) is 5.26 Å². The average molecular weight is 417 g/mol. The fourth-order valence-electron chi connectivity index (χ4n) is 3.62. The van der Waals surface area contributed by atoms with E-state index in [0.717, 1.165) is 50.2 Å². The number of nitrogens with zero attached hydrogens (tertiary/aromatic N) is 4. The number of anilines is 2. The second-order valence-corrected chi connectivity index (χ2v) is 7.55. The summed E-state index contributed by atoms with van der Waals surface area (Å²) in [5, 5.41) is 14.4. The molecule has 0 saturated heterocycles. The molecule has 154 valence electrons. The Morgan fingerprint density at radius 2 is 1.81 bits per heavy atom. The third kappa shape index (κ3) is 3.68. The summed E-state index contributed by atoms with van der Waals surface area (Å²) in [5.41, 5.74) is 4.96. The van der Waals surface area contributed by atoms with Crippen molar-refractivity contribution in [1.29, 1.82) is 5.26 Å². The van der Waals surface area contributed by atoms with Crippen LogP contribution in [0.2, 0.25) is 0 Å². The van der Waals surface area contributed by atoms with Gasteiger partial charge >= 0.3 is 0 Å². The van der Waals surface area contributed by atoms with Crippen LogP contribution in [0.1, 0.15) is 16.8 Å². The van der Waals surface area contributed by atoms with E-state index in [4.69, 9.17) is 4.74 Å². The van der Waals surface area contributed by atoms with Gasteiger partial charge in [0.05, 0.1) is 17.1 Å². The van der Waals surface area contributed by atoms with E-state index in [9.17, 15) is 5.26 Å². The van der Waals surface area contributed by atoms with E-state index in [1.54, 1.807) is 12.1 Å². The van der Waals surface area contributed by atoms with Gasteiger partial charge in [-0.3, -0.25) is 0 Å². The highest BCUT2D eigenvalue weighted by Crippen LogP contribution is 2.33. The van der Waals surface area contributed by atoms with Gasteiger partial charge in [0.15, 0.2) is 5.75 Å². The standard InChI is InChI=1S/C26H19N5O/c1-16-12-20(31-26-21-13-18(14-27)7-10-22(21)28-15-29-26)9-11-23(16)32-24-5-3-4-19-8-6-17(2)30-25(19)24/h3-13,15H,1-2H3,(H,28,29,31). The van der Waals surface area contributed by atoms with Crippen molar-refractivity contribution in [3.05, 3.63) is 89.9 Å². The van der Waals surface area contributed by atoms with Gasteiger partial charge in [-0.1, -0.05) is 18.2 Å². The molecule has 32 heavy (non-hydrogen) atoms. The number of pyridine rings is 1. The molecular weight excluding hydrogens is 398 g/mol. The van der Waals surface area contributed by atoms with Crippen LogP contribution >= 0.6 is 0 Å². The van der Waals surface area contributed by atoms with Crippen molar-refractivity contribution < 1.29 is 4.74 Å². The average Bonchev–Trinajstić information content (AvgIpc) is 2.81. The quantitative estimate of drug-likeness (QED) is 0.375. The lowest BCUT2D eigenvalue weighted by atomic mass is 10.1. The Morgan fingerprint density at radius 3 is 2.66 bits per heavy atom. The van der Waals surface area contributed by atoms with Crippen LogP contribution in [0.25, 0.3) is 21.8 Å². The van der Waals surface area contributed by atoms with Crippen LogP contribution in [0.3, 0.4) is 0 Å². The maximum Gasteiger partial charge on any atom is 0.153 e. The number of nitrogens with one attached hydrogen (secondary N) is 1. The Kier molecular flexibility index (Phi) is 4.85. The van der Waals surface area contributed by atoms with E-state index < -0.39 is 0 Å². The normalized spacial score (nSPS) is 10.8. The Balaban J connectivity index is 1.46. The van der Waals surface area contributed by atoms with E-state index in [2.05, 4.69) is 26.3 Å². The molecule has 0 aliphatic carbocycles. The van der Waals surface area contributed by atoms with Gasteiger partial charge in [-0.15, -0.1) is 0 Å². The van der Waals surface area contributed by atoms with Gasteiger partial charge in [-0.05, 0) is 67.9 Å². The van der Waals surface area contributed by atoms with Crippen molar-refractivity contribution in [2.45, 2.75) is 13.8 Å². The topological polar surface area (TPSA) is 83.7 Å². The molecule has 5 rings (SSSR count). The minimum Gasteiger partial charge on any atom is -0.455 e. The van der Waals surface area contributed by atoms with Gasteiger partial charge < -0.3 is 10.1 Å². The lowest BCUT2D eigenvalue weighted by Crippen LogP contribution is -1.97. The van der Waals surface area contributed by atoms with Gasteiger partial charge in [0.25, 0.3) is 0 Å². The molecule has 2 heterocycles. The van der Waals surface area contributed by atoms with Crippen LogP contribution in [-0.4, -0.2) is 15.0 Å². The summed E-state index contributed by atoms with van der Waals surface area (Å²) in [4.78, 5) is 13.3. The van der Waals surface area contributed by atoms with Crippen LogP contribution in [-0.2, 0) is 0 Å². The minimum absolute atomic E-state index is 0.564. The summed E-state index contributed by atoms with van der Waals surface area (Å²) >= 11 is 0. The molecule has 0 radical (unpaired) electrons. The predicted octanol–water partition coefficient (Wildman–Crippen LogP) is 6.20. The van der Waals surface area contributed by atoms with Crippen molar-refractivity contribution in [3.63, 3.8) is 0 Å². The Morgan fingerprint density at radius 1 is 0.906 bits per heavy atom. The highest BCUT2D eigenvalue weighted by Gasteiger charge is 2.10. The number of fused-ring (bicyclic) bond motifs is 2. The molecule has 0 aliphatic rings. The number of hydrogen-bond donors (Lipinski definition) is 1. The van der Waals surface area contributed by atoms with Gasteiger partial charge in [0.1, 0.15) is 23.4 Å². The van der Waals surface area contributed by atoms with E-state index in [1.165, 1.54) is 6.33 Å². The Bertz CT molecular complexity index is 1520. The molecule has 0 aliphatic heterocycles. The first-order valence-electron chi connectivity index (χ1n) is 10.2. The second-order valence-electron chi connectivity index (χ2n) is 7.55. The molecule has 0 saturated carbocycles. The lowest BCUT2D eigenvalue weighted by Gasteiger charge is -2.13. The zero-order valence-corrected chi connectivity index (χ0v) is 17.6. The van der Waals surface area contributed by atoms with Crippen LogP contribution in [0, 0.1) is 25.2 Å². The number of nitriles is 1. The van der Waals surface area contributed by atoms with Crippen molar-refractivity contribution in [2.24, 2.45) is 0 Å². The number of ether oxygens (including phenoxy) is 1. The number of rotatable bonds is 4. The summed E-state index contributed by atoms with van der Waals surface area (Å²) in [6.45, 7) is 3.97. The summed E-state index contributed by atoms with van der Waals surface area (Å²) in [6, 6.07) is 23.4. The molecule has 6 heteroatoms. The molecule has 0 fully saturated rings. The zero-order valence-electron chi connectivity index (χ0n) is 17.6. The van der Waals surface area contributed by atoms with Gasteiger partial charge in [-0.25, -0.2) is 15.0 Å². The largest absolute Gasteiger partial charge is 0.455 e. The fourth-order valence-corrected chi connectivity index (χ4v) is 3.62. The van der Waals surface area contributed by atoms with Crippen LogP contribution in [0.15, 0.2) is 73.1 Å². The summed E-state index contributed by atoms with van der Waals surface area (Å²) in [6.07, 6.45) is 1.51. The number of hydrogen-bond acceptors (Lipinski definition) is 6. The maximum absolute atomic E-state index is 9.22. The van der Waals surface area contributed by atoms with E-state index >= 15 is 0 Å². The Hall–Kier alpha value is -4.50. The summed E-state index contributed by atoms with van der Waals surface area (Å²) < 4.78 is 6.23. The summed E-state index contributed by atoms with van der Waals surface area (Å²) in [5.74, 6) is 2.13. The molecule has 6 nitrogen and oxygen atoms in total. The summed E-state index contributed by atoms with van der Waals surface area (Å²) in [7, 11) is 0. The number of aromatic nitrogens is 3. The molecule has 0 bridgehead atoms. The van der Waals surface area contributed by atoms with Gasteiger partial charge in [0, 0.05) is 22.2 Å². The van der Waals surface area contributed by atoms with E-state index in [-0.39, 0.29) is 0 Å². The first kappa shape index (κ1) is 19.5. The third-order valence-corrected chi connectivity index (χ3v) is 5.24. The maximum atomic E-state index is 9.22. The van der Waals surface area contributed by atoms with Crippen molar-refractivity contribution >= 4 is 33.3 Å². The molecule has 1 N–H and O–H groups in total. The van der Waals surface area contributed by atoms with Crippen LogP contribution in [0.5, 0.6) is 11.5 Å². The molecular formula is C26H19N5O. The second kappa shape index (κ2) is 7.97. The molecule has 0 atom stereocenters. The van der Waals surface area contributed by atoms with E-state index in [1.807, 2.05) is 68.4 Å². The molecule has 0 amide bonds. The molecule has 2 aromatic heterocycles. The smallest absolute Gasteiger partial charge is 0.153 e. The predicted molar refractivity (Wildman–Crippen MR) is 125 cm³/mol. The number of aryl methyl sites for hydroxylation is 2. The van der Waals surface area contributed by atoms with Crippen LogP contribution < -0.4 is 10.1 Å². The van der Waals surface area contributed by atoms with Crippen molar-refractivity contribution in [3.8, 4) is 17.6 Å². The van der Waals surface area contributed by atoms with Crippen LogP contribution in [0.4, 0.5) is 11.5 Å². The first-order valence-corrected chi connectivity index (χ1v) is 10.2. The SMILES string of the molecule is Cc1ccc2cccc(Oc3ccc(Nc4ncnc5ccc(C#N)cc45)cc3C)c2n1. The lowest BCUT2D eigenvalue weighted by molar-refractivity contribution is 0.483. The Labute approximate surface area is 185 Å². The van der Waals surface area contributed by atoms with E-state index in [0.29, 0.717) is 11.4 Å². The highest BCUT2D eigenvalue weighted by molar-refractivity contribution is 5.91. The minimum atomic E-state index is 0.564. The highest BCUT2D eigenvalue weighted by atomic mass is 16.5. The monoisotopic (exact) mass is 417 g/mol. The molecule has 5 aromatic rings. The van der Waals surface area contributed by atoms with Crippen molar-refractivity contribution in [2.75, 3.05) is 5.32 Å². The molecule has 3 aromatic carbocycles.